The monoisotopic (exact) mass is 360 g/mol. The van der Waals surface area contributed by atoms with E-state index in [4.69, 9.17) is 10.00 Å². The molecule has 0 aromatic heterocycles. The van der Waals surface area contributed by atoms with Gasteiger partial charge in [0.05, 0.1) is 13.0 Å². The van der Waals surface area contributed by atoms with Crippen molar-refractivity contribution in [3.05, 3.63) is 29.8 Å². The third kappa shape index (κ3) is 5.68. The van der Waals surface area contributed by atoms with Crippen molar-refractivity contribution in [2.75, 3.05) is 39.0 Å². The molecule has 0 bridgehead atoms. The second-order valence-electron chi connectivity index (χ2n) is 5.66. The lowest BCUT2D eigenvalue weighted by Crippen LogP contribution is -2.50. The van der Waals surface area contributed by atoms with Crippen LogP contribution < -0.4 is 4.74 Å². The number of aliphatic imine (C=N–C) groups is 1. The highest BCUT2D eigenvalue weighted by Crippen LogP contribution is 2.14. The van der Waals surface area contributed by atoms with Gasteiger partial charge in [-0.3, -0.25) is 4.79 Å². The van der Waals surface area contributed by atoms with Crippen molar-refractivity contribution < 1.29 is 9.53 Å². The summed E-state index contributed by atoms with van der Waals surface area (Å²) in [5.41, 5.74) is 1.27. The number of thioether (sulfide) groups is 1. The van der Waals surface area contributed by atoms with Gasteiger partial charge < -0.3 is 14.5 Å². The fourth-order valence-electron chi connectivity index (χ4n) is 2.67. The summed E-state index contributed by atoms with van der Waals surface area (Å²) in [6, 6.07) is 7.98. The Bertz CT molecular complexity index is 631. The molecule has 0 radical (unpaired) electrons. The zero-order chi connectivity index (χ0) is 18.1. The van der Waals surface area contributed by atoms with E-state index in [2.05, 4.69) is 11.9 Å². The van der Waals surface area contributed by atoms with Crippen molar-refractivity contribution in [2.45, 2.75) is 19.8 Å². The van der Waals surface area contributed by atoms with Gasteiger partial charge in [0.15, 0.2) is 5.17 Å². The van der Waals surface area contributed by atoms with Gasteiger partial charge in [0.1, 0.15) is 5.75 Å². The first-order chi connectivity index (χ1) is 12.2. The van der Waals surface area contributed by atoms with Crippen LogP contribution in [0.3, 0.4) is 0 Å². The van der Waals surface area contributed by atoms with Crippen LogP contribution in [0.15, 0.2) is 29.3 Å². The van der Waals surface area contributed by atoms with E-state index in [0.29, 0.717) is 44.4 Å². The number of ether oxygens (including phenoxy) is 1. The SMILES string of the molecule is CCc1ccc(OCCC(=O)N2CCN(C(=NC#N)SC)CC2)cc1. The van der Waals surface area contributed by atoms with E-state index in [0.717, 1.165) is 12.2 Å². The summed E-state index contributed by atoms with van der Waals surface area (Å²) in [6.07, 6.45) is 5.10. The third-order valence-electron chi connectivity index (χ3n) is 4.15. The molecule has 1 aliphatic heterocycles. The minimum atomic E-state index is 0.104. The van der Waals surface area contributed by atoms with Crippen molar-refractivity contribution in [3.8, 4) is 11.9 Å². The molecule has 25 heavy (non-hydrogen) atoms. The molecule has 1 heterocycles. The number of benzene rings is 1. The smallest absolute Gasteiger partial charge is 0.226 e. The zero-order valence-electron chi connectivity index (χ0n) is 14.8. The van der Waals surface area contributed by atoms with E-state index >= 15 is 0 Å². The Balaban J connectivity index is 1.73. The summed E-state index contributed by atoms with van der Waals surface area (Å²) < 4.78 is 5.66. The largest absolute Gasteiger partial charge is 0.493 e. The summed E-state index contributed by atoms with van der Waals surface area (Å²) in [5, 5.41) is 9.42. The van der Waals surface area contributed by atoms with Crippen LogP contribution in [0.1, 0.15) is 18.9 Å². The number of aryl methyl sites for hydroxylation is 1. The van der Waals surface area contributed by atoms with E-state index in [9.17, 15) is 4.79 Å². The fourth-order valence-corrected chi connectivity index (χ4v) is 3.24. The van der Waals surface area contributed by atoms with E-state index in [-0.39, 0.29) is 5.91 Å². The van der Waals surface area contributed by atoms with Gasteiger partial charge in [-0.25, -0.2) is 0 Å². The fraction of sp³-hybridized carbons (Fsp3) is 0.500. The van der Waals surface area contributed by atoms with E-state index in [1.807, 2.05) is 46.5 Å². The molecule has 0 unspecified atom stereocenters. The molecule has 0 spiro atoms. The number of nitrogens with zero attached hydrogens (tertiary/aromatic N) is 4. The molecule has 1 aliphatic rings. The predicted octanol–water partition coefficient (Wildman–Crippen LogP) is 2.36. The summed E-state index contributed by atoms with van der Waals surface area (Å²) in [4.78, 5) is 20.0. The second kappa shape index (κ2) is 9.94. The van der Waals surface area contributed by atoms with Crippen LogP contribution in [0.2, 0.25) is 0 Å². The molecular weight excluding hydrogens is 336 g/mol. The Morgan fingerprint density at radius 2 is 1.88 bits per heavy atom. The molecule has 0 N–H and O–H groups in total. The highest BCUT2D eigenvalue weighted by Gasteiger charge is 2.22. The van der Waals surface area contributed by atoms with Crippen molar-refractivity contribution in [1.29, 1.82) is 5.26 Å². The normalized spacial score (nSPS) is 15.0. The van der Waals surface area contributed by atoms with Gasteiger partial charge >= 0.3 is 0 Å². The number of amidine groups is 1. The molecule has 1 saturated heterocycles. The molecule has 7 heteroatoms. The zero-order valence-corrected chi connectivity index (χ0v) is 15.6. The van der Waals surface area contributed by atoms with Gasteiger partial charge in [-0.1, -0.05) is 30.8 Å². The average molecular weight is 360 g/mol. The van der Waals surface area contributed by atoms with Gasteiger partial charge in [-0.15, -0.1) is 4.99 Å². The molecule has 1 amide bonds. The summed E-state index contributed by atoms with van der Waals surface area (Å²) in [7, 11) is 0. The van der Waals surface area contributed by atoms with E-state index in [1.165, 1.54) is 17.3 Å². The number of carbonyl (C=O) groups excluding carboxylic acids is 1. The van der Waals surface area contributed by atoms with Crippen LogP contribution in [0.25, 0.3) is 0 Å². The molecule has 1 aromatic carbocycles. The van der Waals surface area contributed by atoms with Crippen LogP contribution in [-0.4, -0.2) is 59.9 Å². The number of hydrogen-bond acceptors (Lipinski definition) is 5. The Morgan fingerprint density at radius 1 is 1.24 bits per heavy atom. The number of piperazine rings is 1. The van der Waals surface area contributed by atoms with Crippen molar-refractivity contribution in [1.82, 2.24) is 9.80 Å². The van der Waals surface area contributed by atoms with Gasteiger partial charge in [-0.05, 0) is 30.4 Å². The van der Waals surface area contributed by atoms with Gasteiger partial charge in [0.2, 0.25) is 12.1 Å². The Kier molecular flexibility index (Phi) is 7.61. The second-order valence-corrected chi connectivity index (χ2v) is 6.44. The maximum atomic E-state index is 12.3. The van der Waals surface area contributed by atoms with Crippen LogP contribution in [-0.2, 0) is 11.2 Å². The third-order valence-corrected chi connectivity index (χ3v) is 4.86. The van der Waals surface area contributed by atoms with Crippen molar-refractivity contribution in [2.24, 2.45) is 4.99 Å². The molecule has 0 aliphatic carbocycles. The number of hydrogen-bond donors (Lipinski definition) is 0. The van der Waals surface area contributed by atoms with Gasteiger partial charge in [0.25, 0.3) is 0 Å². The molecule has 6 nitrogen and oxygen atoms in total. The summed E-state index contributed by atoms with van der Waals surface area (Å²) in [6.45, 7) is 5.20. The topological polar surface area (TPSA) is 68.9 Å². The van der Waals surface area contributed by atoms with Gasteiger partial charge in [-0.2, -0.15) is 5.26 Å². The van der Waals surface area contributed by atoms with Crippen molar-refractivity contribution in [3.63, 3.8) is 0 Å². The minimum absolute atomic E-state index is 0.104. The predicted molar refractivity (Wildman–Crippen MR) is 101 cm³/mol. The quantitative estimate of drug-likeness (QED) is 0.458. The summed E-state index contributed by atoms with van der Waals surface area (Å²) >= 11 is 1.45. The van der Waals surface area contributed by atoms with Crippen molar-refractivity contribution >= 4 is 22.8 Å². The number of amides is 1. The highest BCUT2D eigenvalue weighted by molar-refractivity contribution is 8.13. The van der Waals surface area contributed by atoms with E-state index < -0.39 is 0 Å². The first kappa shape index (κ1) is 19.1. The van der Waals surface area contributed by atoms with Gasteiger partial charge in [0, 0.05) is 26.2 Å². The summed E-state index contributed by atoms with van der Waals surface area (Å²) in [5.74, 6) is 0.903. The van der Waals surface area contributed by atoms with Crippen LogP contribution in [0.5, 0.6) is 5.75 Å². The number of nitriles is 1. The minimum Gasteiger partial charge on any atom is -0.493 e. The Morgan fingerprint density at radius 3 is 2.44 bits per heavy atom. The molecule has 2 rings (SSSR count). The maximum Gasteiger partial charge on any atom is 0.226 e. The average Bonchev–Trinajstić information content (AvgIpc) is 2.66. The molecule has 1 aromatic rings. The lowest BCUT2D eigenvalue weighted by atomic mass is 10.2. The molecular formula is C18H24N4O2S. The van der Waals surface area contributed by atoms with Crippen LogP contribution in [0, 0.1) is 11.5 Å². The highest BCUT2D eigenvalue weighted by atomic mass is 32.2. The molecule has 0 atom stereocenters. The number of rotatable bonds is 5. The Hall–Kier alpha value is -2.20. The lowest BCUT2D eigenvalue weighted by molar-refractivity contribution is -0.132. The Labute approximate surface area is 153 Å². The molecule has 134 valence electrons. The molecule has 0 saturated carbocycles. The van der Waals surface area contributed by atoms with E-state index in [1.54, 1.807) is 0 Å². The van der Waals surface area contributed by atoms with Crippen LogP contribution >= 0.6 is 11.8 Å². The first-order valence-corrected chi connectivity index (χ1v) is 9.65. The first-order valence-electron chi connectivity index (χ1n) is 8.43. The number of carbonyl (C=O) groups is 1. The standard InChI is InChI=1S/C18H24N4O2S/c1-3-15-4-6-16(7-5-15)24-13-8-17(23)21-9-11-22(12-10-21)18(25-2)20-14-19/h4-7H,3,8-13H2,1-2H3. The molecule has 1 fully saturated rings. The maximum absolute atomic E-state index is 12.3. The lowest BCUT2D eigenvalue weighted by Gasteiger charge is -2.35. The van der Waals surface area contributed by atoms with Crippen LogP contribution in [0.4, 0.5) is 0 Å².